The van der Waals surface area contributed by atoms with E-state index in [4.69, 9.17) is 10.5 Å². The minimum Gasteiger partial charge on any atom is -0.379 e. The molecule has 0 spiro atoms. The van der Waals surface area contributed by atoms with Crippen LogP contribution in [-0.2, 0) is 9.53 Å². The Bertz CT molecular complexity index is 229. The maximum Gasteiger partial charge on any atom is 0.239 e. The highest BCUT2D eigenvalue weighted by atomic mass is 16.5. The number of amides is 1. The molecule has 1 unspecified atom stereocenters. The standard InChI is InChI=1S/C10H19N3O2/c11-9-1-2-13(10(9)14)4-3-12-5-7-15-8-6-12/h9H,1-8,11H2. The predicted octanol–water partition coefficient (Wildman–Crippen LogP) is -1.12. The van der Waals surface area contributed by atoms with Gasteiger partial charge in [-0.15, -0.1) is 0 Å². The SMILES string of the molecule is NC1CCN(CCN2CCOCC2)C1=O. The van der Waals surface area contributed by atoms with E-state index >= 15 is 0 Å². The van der Waals surface area contributed by atoms with E-state index in [2.05, 4.69) is 4.90 Å². The molecule has 15 heavy (non-hydrogen) atoms. The third kappa shape index (κ3) is 2.68. The van der Waals surface area contributed by atoms with Crippen LogP contribution >= 0.6 is 0 Å². The number of carbonyl (C=O) groups excluding carboxylic acids is 1. The van der Waals surface area contributed by atoms with Crippen molar-refractivity contribution in [2.24, 2.45) is 5.73 Å². The van der Waals surface area contributed by atoms with E-state index in [1.807, 2.05) is 4.90 Å². The Labute approximate surface area is 90.1 Å². The van der Waals surface area contributed by atoms with Gasteiger partial charge in [-0.05, 0) is 6.42 Å². The van der Waals surface area contributed by atoms with Crippen molar-refractivity contribution in [2.45, 2.75) is 12.5 Å². The number of carbonyl (C=O) groups is 1. The molecule has 1 amide bonds. The van der Waals surface area contributed by atoms with Gasteiger partial charge in [0, 0.05) is 32.7 Å². The Hall–Kier alpha value is -0.650. The molecule has 2 saturated heterocycles. The summed E-state index contributed by atoms with van der Waals surface area (Å²) in [7, 11) is 0. The lowest BCUT2D eigenvalue weighted by Gasteiger charge is -2.28. The molecule has 2 aliphatic heterocycles. The second-order valence-electron chi connectivity index (χ2n) is 4.17. The zero-order valence-electron chi connectivity index (χ0n) is 9.02. The molecule has 0 aliphatic carbocycles. The molecule has 2 rings (SSSR count). The zero-order chi connectivity index (χ0) is 10.7. The van der Waals surface area contributed by atoms with Gasteiger partial charge in [-0.3, -0.25) is 9.69 Å². The van der Waals surface area contributed by atoms with Crippen LogP contribution in [0, 0.1) is 0 Å². The predicted molar refractivity (Wildman–Crippen MR) is 56.4 cm³/mol. The van der Waals surface area contributed by atoms with Gasteiger partial charge in [-0.2, -0.15) is 0 Å². The highest BCUT2D eigenvalue weighted by molar-refractivity contribution is 5.83. The first kappa shape index (κ1) is 10.9. The smallest absolute Gasteiger partial charge is 0.239 e. The number of rotatable bonds is 3. The summed E-state index contributed by atoms with van der Waals surface area (Å²) in [5.41, 5.74) is 5.65. The van der Waals surface area contributed by atoms with Gasteiger partial charge in [0.15, 0.2) is 0 Å². The second kappa shape index (κ2) is 4.92. The molecule has 0 aromatic carbocycles. The third-order valence-corrected chi connectivity index (χ3v) is 3.13. The third-order valence-electron chi connectivity index (χ3n) is 3.13. The van der Waals surface area contributed by atoms with Crippen LogP contribution in [0.1, 0.15) is 6.42 Å². The van der Waals surface area contributed by atoms with Crippen LogP contribution in [-0.4, -0.2) is 67.7 Å². The molecular formula is C10H19N3O2. The molecule has 2 aliphatic rings. The highest BCUT2D eigenvalue weighted by Crippen LogP contribution is 2.08. The summed E-state index contributed by atoms with van der Waals surface area (Å²) in [4.78, 5) is 15.7. The second-order valence-corrected chi connectivity index (χ2v) is 4.17. The fraction of sp³-hybridized carbons (Fsp3) is 0.900. The number of likely N-dealkylation sites (tertiary alicyclic amines) is 1. The first-order chi connectivity index (χ1) is 7.27. The molecule has 86 valence electrons. The van der Waals surface area contributed by atoms with Crippen molar-refractivity contribution in [3.8, 4) is 0 Å². The first-order valence-electron chi connectivity index (χ1n) is 5.62. The van der Waals surface area contributed by atoms with Gasteiger partial charge < -0.3 is 15.4 Å². The minimum absolute atomic E-state index is 0.114. The lowest BCUT2D eigenvalue weighted by Crippen LogP contribution is -2.43. The van der Waals surface area contributed by atoms with Crippen LogP contribution in [0.3, 0.4) is 0 Å². The number of hydrogen-bond acceptors (Lipinski definition) is 4. The van der Waals surface area contributed by atoms with Crippen LogP contribution in [0.2, 0.25) is 0 Å². The molecule has 2 fully saturated rings. The fourth-order valence-corrected chi connectivity index (χ4v) is 2.07. The average molecular weight is 213 g/mol. The summed E-state index contributed by atoms with van der Waals surface area (Å²) in [6, 6.07) is -0.255. The normalized spacial score (nSPS) is 28.7. The molecule has 0 aromatic heterocycles. The van der Waals surface area contributed by atoms with Crippen LogP contribution < -0.4 is 5.73 Å². The lowest BCUT2D eigenvalue weighted by atomic mass is 10.3. The molecule has 0 bridgehead atoms. The number of nitrogens with two attached hydrogens (primary N) is 1. The Morgan fingerprint density at radius 3 is 2.60 bits per heavy atom. The molecule has 2 N–H and O–H groups in total. The van der Waals surface area contributed by atoms with E-state index < -0.39 is 0 Å². The monoisotopic (exact) mass is 213 g/mol. The van der Waals surface area contributed by atoms with Crippen molar-refractivity contribution >= 4 is 5.91 Å². The summed E-state index contributed by atoms with van der Waals surface area (Å²) in [6.45, 7) is 6.17. The topological polar surface area (TPSA) is 58.8 Å². The van der Waals surface area contributed by atoms with Gasteiger partial charge in [0.05, 0.1) is 19.3 Å². The molecule has 0 aromatic rings. The fourth-order valence-electron chi connectivity index (χ4n) is 2.07. The van der Waals surface area contributed by atoms with Crippen LogP contribution in [0.5, 0.6) is 0 Å². The summed E-state index contributed by atoms with van der Waals surface area (Å²) in [6.07, 6.45) is 0.807. The van der Waals surface area contributed by atoms with E-state index in [0.717, 1.165) is 52.4 Å². The Morgan fingerprint density at radius 1 is 1.27 bits per heavy atom. The maximum atomic E-state index is 11.5. The molecule has 5 nitrogen and oxygen atoms in total. The van der Waals surface area contributed by atoms with Crippen molar-refractivity contribution in [1.82, 2.24) is 9.80 Å². The van der Waals surface area contributed by atoms with E-state index in [0.29, 0.717) is 0 Å². The van der Waals surface area contributed by atoms with Gasteiger partial charge in [-0.25, -0.2) is 0 Å². The highest BCUT2D eigenvalue weighted by Gasteiger charge is 2.28. The summed E-state index contributed by atoms with van der Waals surface area (Å²) >= 11 is 0. The Balaban J connectivity index is 1.71. The minimum atomic E-state index is -0.255. The summed E-state index contributed by atoms with van der Waals surface area (Å²) < 4.78 is 5.27. The summed E-state index contributed by atoms with van der Waals surface area (Å²) in [5.74, 6) is 0.114. The van der Waals surface area contributed by atoms with E-state index in [1.165, 1.54) is 0 Å². The zero-order valence-corrected chi connectivity index (χ0v) is 9.02. The van der Waals surface area contributed by atoms with Crippen molar-refractivity contribution in [1.29, 1.82) is 0 Å². The molecule has 1 atom stereocenters. The van der Waals surface area contributed by atoms with Crippen molar-refractivity contribution in [2.75, 3.05) is 45.9 Å². The number of nitrogens with zero attached hydrogens (tertiary/aromatic N) is 2. The van der Waals surface area contributed by atoms with E-state index in [9.17, 15) is 4.79 Å². The van der Waals surface area contributed by atoms with Crippen molar-refractivity contribution in [3.05, 3.63) is 0 Å². The number of morpholine rings is 1. The Kier molecular flexibility index (Phi) is 3.56. The quantitative estimate of drug-likeness (QED) is 0.645. The van der Waals surface area contributed by atoms with Crippen LogP contribution in [0.25, 0.3) is 0 Å². The summed E-state index contributed by atoms with van der Waals surface area (Å²) in [5, 5.41) is 0. The molecular weight excluding hydrogens is 194 g/mol. The molecule has 0 saturated carbocycles. The van der Waals surface area contributed by atoms with Gasteiger partial charge in [0.25, 0.3) is 0 Å². The lowest BCUT2D eigenvalue weighted by molar-refractivity contribution is -0.129. The number of hydrogen-bond donors (Lipinski definition) is 1. The van der Waals surface area contributed by atoms with E-state index in [-0.39, 0.29) is 11.9 Å². The first-order valence-corrected chi connectivity index (χ1v) is 5.62. The Morgan fingerprint density at radius 2 is 2.00 bits per heavy atom. The van der Waals surface area contributed by atoms with Gasteiger partial charge in [-0.1, -0.05) is 0 Å². The molecule has 0 radical (unpaired) electrons. The van der Waals surface area contributed by atoms with Crippen LogP contribution in [0.4, 0.5) is 0 Å². The number of ether oxygens (including phenoxy) is 1. The van der Waals surface area contributed by atoms with Crippen molar-refractivity contribution in [3.63, 3.8) is 0 Å². The molecule has 5 heteroatoms. The average Bonchev–Trinajstić information content (AvgIpc) is 2.59. The largest absolute Gasteiger partial charge is 0.379 e. The molecule has 2 heterocycles. The maximum absolute atomic E-state index is 11.5. The van der Waals surface area contributed by atoms with Gasteiger partial charge in [0.1, 0.15) is 0 Å². The van der Waals surface area contributed by atoms with Crippen molar-refractivity contribution < 1.29 is 9.53 Å². The van der Waals surface area contributed by atoms with Gasteiger partial charge in [0.2, 0.25) is 5.91 Å². The van der Waals surface area contributed by atoms with Crippen LogP contribution in [0.15, 0.2) is 0 Å². The van der Waals surface area contributed by atoms with E-state index in [1.54, 1.807) is 0 Å². The van der Waals surface area contributed by atoms with Gasteiger partial charge >= 0.3 is 0 Å².